The number of hydrogen-bond acceptors (Lipinski definition) is 4. The summed E-state index contributed by atoms with van der Waals surface area (Å²) in [6, 6.07) is 4.72. The Morgan fingerprint density at radius 3 is 3.17 bits per heavy atom. The number of rotatable bonds is 3. The normalized spacial score (nSPS) is 13.4. The highest BCUT2D eigenvalue weighted by molar-refractivity contribution is 6.32. The fraction of sp³-hybridized carbons (Fsp3) is 0.167. The maximum Gasteiger partial charge on any atom is 0.140 e. The molecule has 0 unspecified atom stereocenters. The van der Waals surface area contributed by atoms with Crippen molar-refractivity contribution in [3.8, 4) is 5.75 Å². The lowest BCUT2D eigenvalue weighted by molar-refractivity contribution is 0.288. The van der Waals surface area contributed by atoms with E-state index in [-0.39, 0.29) is 11.4 Å². The molecule has 2 aromatic heterocycles. The number of H-pyrrole nitrogens is 1. The van der Waals surface area contributed by atoms with Gasteiger partial charge in [0.25, 0.3) is 0 Å². The van der Waals surface area contributed by atoms with Crippen molar-refractivity contribution < 1.29 is 12.0 Å². The third kappa shape index (κ3) is 2.04. The first kappa shape index (κ1) is 8.99. The second-order valence-electron chi connectivity index (χ2n) is 3.77. The SMILES string of the molecule is [2H]C([2H])(Oc1cc2[nH]ncc2cc1Cl)c1cc(C)on1. The summed E-state index contributed by atoms with van der Waals surface area (Å²) in [5.41, 5.74) is 0.757. The molecule has 0 aliphatic heterocycles. The van der Waals surface area contributed by atoms with Gasteiger partial charge in [0, 0.05) is 17.5 Å². The highest BCUT2D eigenvalue weighted by Crippen LogP contribution is 2.29. The average Bonchev–Trinajstić information content (AvgIpc) is 2.98. The Morgan fingerprint density at radius 2 is 2.39 bits per heavy atom. The minimum Gasteiger partial charge on any atom is -0.486 e. The largest absolute Gasteiger partial charge is 0.486 e. The molecule has 18 heavy (non-hydrogen) atoms. The van der Waals surface area contributed by atoms with Crippen LogP contribution >= 0.6 is 11.6 Å². The molecular formula is C12H10ClN3O2. The van der Waals surface area contributed by atoms with Crippen LogP contribution in [0.5, 0.6) is 5.75 Å². The zero-order valence-electron chi connectivity index (χ0n) is 11.4. The summed E-state index contributed by atoms with van der Waals surface area (Å²) in [7, 11) is 0. The number of nitrogens with one attached hydrogen (secondary N) is 1. The molecule has 3 aromatic rings. The molecule has 92 valence electrons. The van der Waals surface area contributed by atoms with Gasteiger partial charge < -0.3 is 9.26 Å². The molecule has 0 aliphatic rings. The Balaban J connectivity index is 1.97. The summed E-state index contributed by atoms with van der Waals surface area (Å²) in [6.07, 6.45) is 1.63. The van der Waals surface area contributed by atoms with Crippen molar-refractivity contribution in [1.29, 1.82) is 0 Å². The highest BCUT2D eigenvalue weighted by atomic mass is 35.5. The smallest absolute Gasteiger partial charge is 0.140 e. The molecule has 6 heteroatoms. The molecule has 0 spiro atoms. The van der Waals surface area contributed by atoms with Gasteiger partial charge >= 0.3 is 0 Å². The zero-order chi connectivity index (χ0) is 14.3. The Labute approximate surface area is 110 Å². The van der Waals surface area contributed by atoms with Gasteiger partial charge in [-0.2, -0.15) is 5.10 Å². The van der Waals surface area contributed by atoms with Crippen LogP contribution < -0.4 is 4.74 Å². The molecule has 0 saturated carbocycles. The standard InChI is InChI=1S/C12H10ClN3O2/c1-7-2-9(16-18-7)6-17-12-4-11-8(3-10(12)13)5-14-15-11/h2-5H,6H2,1H3,(H,14,15)/i6D2. The number of aromatic nitrogens is 3. The fourth-order valence-electron chi connectivity index (χ4n) is 1.54. The summed E-state index contributed by atoms with van der Waals surface area (Å²) >= 11 is 6.08. The lowest BCUT2D eigenvalue weighted by Gasteiger charge is -2.06. The van der Waals surface area contributed by atoms with E-state index >= 15 is 0 Å². The van der Waals surface area contributed by atoms with Crippen LogP contribution in [0.2, 0.25) is 5.02 Å². The van der Waals surface area contributed by atoms with Crippen LogP contribution in [0.4, 0.5) is 0 Å². The number of fused-ring (bicyclic) bond motifs is 1. The molecular weight excluding hydrogens is 254 g/mol. The van der Waals surface area contributed by atoms with Crippen molar-refractivity contribution in [3.63, 3.8) is 0 Å². The van der Waals surface area contributed by atoms with Gasteiger partial charge in [-0.15, -0.1) is 0 Å². The fourth-order valence-corrected chi connectivity index (χ4v) is 1.75. The van der Waals surface area contributed by atoms with Gasteiger partial charge in [0.2, 0.25) is 0 Å². The second kappa shape index (κ2) is 4.34. The molecule has 3 rings (SSSR count). The first-order valence-corrected chi connectivity index (χ1v) is 5.59. The Bertz CT molecular complexity index is 769. The molecule has 1 aromatic carbocycles. The maximum absolute atomic E-state index is 7.92. The molecule has 2 heterocycles. The van der Waals surface area contributed by atoms with E-state index in [0.29, 0.717) is 16.3 Å². The second-order valence-corrected chi connectivity index (χ2v) is 4.17. The van der Waals surface area contributed by atoms with Crippen molar-refractivity contribution in [2.45, 2.75) is 13.5 Å². The van der Waals surface area contributed by atoms with E-state index in [1.54, 1.807) is 25.3 Å². The summed E-state index contributed by atoms with van der Waals surface area (Å²) in [4.78, 5) is 0. The number of ether oxygens (including phenoxy) is 1. The lowest BCUT2D eigenvalue weighted by Crippen LogP contribution is -1.96. The van der Waals surface area contributed by atoms with Crippen LogP contribution in [-0.2, 0) is 6.56 Å². The average molecular weight is 266 g/mol. The number of halogens is 1. The molecule has 0 bridgehead atoms. The minimum atomic E-state index is -2.14. The van der Waals surface area contributed by atoms with Gasteiger partial charge in [0.1, 0.15) is 23.8 Å². The summed E-state index contributed by atoms with van der Waals surface area (Å²) in [6.45, 7) is -0.467. The third-order valence-electron chi connectivity index (χ3n) is 2.39. The van der Waals surface area contributed by atoms with Gasteiger partial charge in [-0.25, -0.2) is 0 Å². The third-order valence-corrected chi connectivity index (χ3v) is 2.68. The lowest BCUT2D eigenvalue weighted by atomic mass is 10.2. The van der Waals surface area contributed by atoms with Crippen molar-refractivity contribution in [2.75, 3.05) is 0 Å². The first-order chi connectivity index (χ1) is 9.45. The monoisotopic (exact) mass is 265 g/mol. The first-order valence-electron chi connectivity index (χ1n) is 6.21. The van der Waals surface area contributed by atoms with E-state index in [4.69, 9.17) is 23.6 Å². The molecule has 0 fully saturated rings. The summed E-state index contributed by atoms with van der Waals surface area (Å²) in [5.74, 6) is 0.705. The molecule has 1 N–H and O–H groups in total. The molecule has 0 saturated heterocycles. The van der Waals surface area contributed by atoms with Crippen LogP contribution in [0.25, 0.3) is 10.9 Å². The predicted octanol–water partition coefficient (Wildman–Crippen LogP) is 3.09. The zero-order valence-corrected chi connectivity index (χ0v) is 10.2. The minimum absolute atomic E-state index is 0.0516. The molecule has 0 aliphatic carbocycles. The molecule has 0 radical (unpaired) electrons. The summed E-state index contributed by atoms with van der Waals surface area (Å²) < 4.78 is 26.0. The van der Waals surface area contributed by atoms with E-state index in [1.165, 1.54) is 6.07 Å². The van der Waals surface area contributed by atoms with Gasteiger partial charge in [-0.1, -0.05) is 16.8 Å². The highest BCUT2D eigenvalue weighted by Gasteiger charge is 2.07. The Kier molecular flexibility index (Phi) is 2.17. The van der Waals surface area contributed by atoms with Crippen LogP contribution in [0.1, 0.15) is 14.2 Å². The summed E-state index contributed by atoms with van der Waals surface area (Å²) in [5, 5.41) is 11.4. The van der Waals surface area contributed by atoms with E-state index < -0.39 is 6.56 Å². The van der Waals surface area contributed by atoms with Crippen molar-refractivity contribution in [1.82, 2.24) is 15.4 Å². The number of hydrogen-bond donors (Lipinski definition) is 1. The van der Waals surface area contributed by atoms with Gasteiger partial charge in [-0.05, 0) is 13.0 Å². The molecule has 0 atom stereocenters. The maximum atomic E-state index is 7.92. The van der Waals surface area contributed by atoms with Crippen molar-refractivity contribution in [3.05, 3.63) is 40.9 Å². The van der Waals surface area contributed by atoms with E-state index in [2.05, 4.69) is 15.4 Å². The van der Waals surface area contributed by atoms with E-state index in [0.717, 1.165) is 5.39 Å². The molecule has 5 nitrogen and oxygen atoms in total. The van der Waals surface area contributed by atoms with Crippen LogP contribution in [-0.4, -0.2) is 15.4 Å². The van der Waals surface area contributed by atoms with Crippen molar-refractivity contribution in [2.24, 2.45) is 0 Å². The van der Waals surface area contributed by atoms with Gasteiger partial charge in [-0.3, -0.25) is 5.10 Å². The number of nitrogens with zero attached hydrogens (tertiary/aromatic N) is 2. The Morgan fingerprint density at radius 1 is 1.50 bits per heavy atom. The van der Waals surface area contributed by atoms with Gasteiger partial charge in [0.15, 0.2) is 0 Å². The topological polar surface area (TPSA) is 63.9 Å². The van der Waals surface area contributed by atoms with Crippen LogP contribution in [0.15, 0.2) is 28.9 Å². The van der Waals surface area contributed by atoms with E-state index in [1.807, 2.05) is 0 Å². The van der Waals surface area contributed by atoms with Crippen LogP contribution in [0, 0.1) is 6.92 Å². The van der Waals surface area contributed by atoms with E-state index in [9.17, 15) is 0 Å². The van der Waals surface area contributed by atoms with Crippen LogP contribution in [0.3, 0.4) is 0 Å². The number of benzene rings is 1. The Hall–Kier alpha value is -2.01. The van der Waals surface area contributed by atoms with Gasteiger partial charge in [0.05, 0.1) is 19.5 Å². The number of aryl methyl sites for hydroxylation is 1. The number of aromatic amines is 1. The molecule has 0 amide bonds. The quantitative estimate of drug-likeness (QED) is 0.790. The predicted molar refractivity (Wildman–Crippen MR) is 66.7 cm³/mol. The van der Waals surface area contributed by atoms with Crippen molar-refractivity contribution >= 4 is 22.5 Å².